The van der Waals surface area contributed by atoms with Crippen molar-refractivity contribution < 1.29 is 0 Å². The molecule has 0 saturated heterocycles. The summed E-state index contributed by atoms with van der Waals surface area (Å²) >= 11 is 0. The first kappa shape index (κ1) is 8.08. The summed E-state index contributed by atoms with van der Waals surface area (Å²) in [7, 11) is 0. The minimum Gasteiger partial charge on any atom is -0.197 e. The predicted octanol–water partition coefficient (Wildman–Crippen LogP) is 1.94. The molecule has 0 aromatic carbocycles. The van der Waals surface area contributed by atoms with E-state index in [-0.39, 0.29) is 11.8 Å². The molecule has 0 unspecified atom stereocenters. The second kappa shape index (κ2) is 2.24. The molecule has 0 radical (unpaired) electrons. The van der Waals surface area contributed by atoms with Gasteiger partial charge in [0.15, 0.2) is 0 Å². The first-order valence-corrected chi connectivity index (χ1v) is 3.92. The maximum atomic E-state index is 8.77. The van der Waals surface area contributed by atoms with Gasteiger partial charge in [-0.05, 0) is 17.8 Å². The van der Waals surface area contributed by atoms with E-state index >= 15 is 0 Å². The Bertz CT molecular complexity index is 227. The van der Waals surface area contributed by atoms with Crippen molar-refractivity contribution in [2.75, 3.05) is 0 Å². The molecule has 11 heavy (non-hydrogen) atoms. The summed E-state index contributed by atoms with van der Waals surface area (Å²) in [6, 6.07) is 4.24. The topological polar surface area (TPSA) is 47.6 Å². The molecule has 2 heteroatoms. The fourth-order valence-corrected chi connectivity index (χ4v) is 2.08. The van der Waals surface area contributed by atoms with Crippen LogP contribution in [0.3, 0.4) is 0 Å². The molecule has 0 aromatic rings. The van der Waals surface area contributed by atoms with E-state index in [0.29, 0.717) is 5.92 Å². The maximum Gasteiger partial charge on any atom is 0.150 e. The van der Waals surface area contributed by atoms with Crippen molar-refractivity contribution in [3.63, 3.8) is 0 Å². The number of hydrogen-bond acceptors (Lipinski definition) is 2. The quantitative estimate of drug-likeness (QED) is 0.570. The van der Waals surface area contributed by atoms with E-state index in [1.54, 1.807) is 0 Å². The Morgan fingerprint density at radius 3 is 1.82 bits per heavy atom. The standard InChI is InChI=1S/C9H12N2/c1-6(2)8-7(3)9(8,4-10)5-11/h6-8H,1-3H3/t7-,8-/m0/s1. The van der Waals surface area contributed by atoms with Crippen LogP contribution in [0.15, 0.2) is 0 Å². The van der Waals surface area contributed by atoms with Crippen molar-refractivity contribution in [3.05, 3.63) is 0 Å². The van der Waals surface area contributed by atoms with Gasteiger partial charge in [-0.2, -0.15) is 10.5 Å². The molecule has 0 N–H and O–H groups in total. The van der Waals surface area contributed by atoms with Gasteiger partial charge < -0.3 is 0 Å². The van der Waals surface area contributed by atoms with Crippen LogP contribution in [-0.4, -0.2) is 0 Å². The molecular formula is C9H12N2. The van der Waals surface area contributed by atoms with Gasteiger partial charge in [0, 0.05) is 0 Å². The summed E-state index contributed by atoms with van der Waals surface area (Å²) in [4.78, 5) is 0. The summed E-state index contributed by atoms with van der Waals surface area (Å²) in [5.74, 6) is 0.999. The molecule has 1 aliphatic rings. The van der Waals surface area contributed by atoms with E-state index < -0.39 is 5.41 Å². The van der Waals surface area contributed by atoms with E-state index in [1.807, 2.05) is 6.92 Å². The minimum atomic E-state index is -0.659. The Balaban J connectivity index is 2.83. The second-order valence-electron chi connectivity index (χ2n) is 3.65. The van der Waals surface area contributed by atoms with Gasteiger partial charge in [0.2, 0.25) is 0 Å². The molecule has 1 saturated carbocycles. The lowest BCUT2D eigenvalue weighted by atomic mass is 10.0. The Hall–Kier alpha value is -1.02. The fourth-order valence-electron chi connectivity index (χ4n) is 2.08. The Kier molecular flexibility index (Phi) is 1.64. The van der Waals surface area contributed by atoms with Crippen LogP contribution in [0.4, 0.5) is 0 Å². The lowest BCUT2D eigenvalue weighted by molar-refractivity contribution is 0.505. The van der Waals surface area contributed by atoms with Crippen molar-refractivity contribution in [1.29, 1.82) is 10.5 Å². The molecule has 0 heterocycles. The van der Waals surface area contributed by atoms with Gasteiger partial charge in [-0.1, -0.05) is 20.8 Å². The fraction of sp³-hybridized carbons (Fsp3) is 0.778. The summed E-state index contributed by atoms with van der Waals surface area (Å²) in [6.07, 6.45) is 0. The highest BCUT2D eigenvalue weighted by Crippen LogP contribution is 2.61. The summed E-state index contributed by atoms with van der Waals surface area (Å²) in [6.45, 7) is 6.12. The van der Waals surface area contributed by atoms with Crippen LogP contribution in [0.5, 0.6) is 0 Å². The zero-order chi connectivity index (χ0) is 8.65. The molecular weight excluding hydrogens is 136 g/mol. The minimum absolute atomic E-state index is 0.262. The van der Waals surface area contributed by atoms with Gasteiger partial charge >= 0.3 is 0 Å². The highest BCUT2D eigenvalue weighted by Gasteiger charge is 2.64. The maximum absolute atomic E-state index is 8.77. The van der Waals surface area contributed by atoms with Crippen LogP contribution >= 0.6 is 0 Å². The third-order valence-electron chi connectivity index (χ3n) is 2.76. The van der Waals surface area contributed by atoms with Gasteiger partial charge in [-0.25, -0.2) is 0 Å². The zero-order valence-electron chi connectivity index (χ0n) is 7.13. The molecule has 1 aliphatic carbocycles. The van der Waals surface area contributed by atoms with Crippen molar-refractivity contribution in [2.45, 2.75) is 20.8 Å². The zero-order valence-corrected chi connectivity index (χ0v) is 7.13. The van der Waals surface area contributed by atoms with Crippen molar-refractivity contribution >= 4 is 0 Å². The van der Waals surface area contributed by atoms with Crippen molar-refractivity contribution in [2.24, 2.45) is 23.2 Å². The van der Waals surface area contributed by atoms with Gasteiger partial charge in [-0.3, -0.25) is 0 Å². The largest absolute Gasteiger partial charge is 0.197 e. The van der Waals surface area contributed by atoms with E-state index in [2.05, 4.69) is 26.0 Å². The van der Waals surface area contributed by atoms with Gasteiger partial charge in [-0.15, -0.1) is 0 Å². The molecule has 0 aromatic heterocycles. The highest BCUT2D eigenvalue weighted by molar-refractivity contribution is 5.31. The van der Waals surface area contributed by atoms with E-state index in [0.717, 1.165) is 0 Å². The third-order valence-corrected chi connectivity index (χ3v) is 2.76. The van der Waals surface area contributed by atoms with Crippen molar-refractivity contribution in [1.82, 2.24) is 0 Å². The van der Waals surface area contributed by atoms with E-state index in [9.17, 15) is 0 Å². The first-order chi connectivity index (χ1) is 5.10. The van der Waals surface area contributed by atoms with Crippen LogP contribution in [0, 0.1) is 45.8 Å². The first-order valence-electron chi connectivity index (χ1n) is 3.92. The van der Waals surface area contributed by atoms with Crippen LogP contribution in [0.1, 0.15) is 20.8 Å². The Labute approximate surface area is 67.4 Å². The number of hydrogen-bond donors (Lipinski definition) is 0. The van der Waals surface area contributed by atoms with Crippen molar-refractivity contribution in [3.8, 4) is 12.1 Å². The predicted molar refractivity (Wildman–Crippen MR) is 41.2 cm³/mol. The van der Waals surface area contributed by atoms with Crippen LogP contribution < -0.4 is 0 Å². The summed E-state index contributed by atoms with van der Waals surface area (Å²) in [5.41, 5.74) is -0.659. The summed E-state index contributed by atoms with van der Waals surface area (Å²) in [5, 5.41) is 17.5. The molecule has 2 atom stereocenters. The Morgan fingerprint density at radius 1 is 1.27 bits per heavy atom. The molecule has 2 nitrogen and oxygen atoms in total. The average molecular weight is 148 g/mol. The third kappa shape index (κ3) is 0.828. The SMILES string of the molecule is CC(C)[C@H]1[C@H](C)C1(C#N)C#N. The average Bonchev–Trinajstić information content (AvgIpc) is 2.56. The monoisotopic (exact) mass is 148 g/mol. The van der Waals surface area contributed by atoms with Crippen LogP contribution in [-0.2, 0) is 0 Å². The van der Waals surface area contributed by atoms with Crippen LogP contribution in [0.2, 0.25) is 0 Å². The van der Waals surface area contributed by atoms with Gasteiger partial charge in [0.05, 0.1) is 12.1 Å². The van der Waals surface area contributed by atoms with E-state index in [1.165, 1.54) is 0 Å². The molecule has 58 valence electrons. The molecule has 1 fully saturated rings. The number of nitriles is 2. The molecule has 0 bridgehead atoms. The molecule has 0 aliphatic heterocycles. The lowest BCUT2D eigenvalue weighted by Crippen LogP contribution is -2.01. The lowest BCUT2D eigenvalue weighted by Gasteiger charge is -2.00. The summed E-state index contributed by atoms with van der Waals surface area (Å²) < 4.78 is 0. The van der Waals surface area contributed by atoms with Crippen LogP contribution in [0.25, 0.3) is 0 Å². The van der Waals surface area contributed by atoms with Gasteiger partial charge in [0.25, 0.3) is 0 Å². The van der Waals surface area contributed by atoms with E-state index in [4.69, 9.17) is 10.5 Å². The molecule has 0 amide bonds. The Morgan fingerprint density at radius 2 is 1.73 bits per heavy atom. The number of rotatable bonds is 1. The molecule has 0 spiro atoms. The molecule has 1 rings (SSSR count). The smallest absolute Gasteiger partial charge is 0.150 e. The van der Waals surface area contributed by atoms with Gasteiger partial charge in [0.1, 0.15) is 5.41 Å². The number of nitrogens with zero attached hydrogens (tertiary/aromatic N) is 2. The second-order valence-corrected chi connectivity index (χ2v) is 3.65. The highest BCUT2D eigenvalue weighted by atomic mass is 14.7. The normalized spacial score (nSPS) is 32.5.